The summed E-state index contributed by atoms with van der Waals surface area (Å²) in [6.07, 6.45) is 0. The number of nitriles is 1. The minimum Gasteiger partial charge on any atom is -0.194 e. The SMILES string of the molecule is Cc1cc(N=C=S)c(C)c(SC#N)c1C. The number of thioether (sulfide) groups is 1. The molecule has 1 aromatic rings. The lowest BCUT2D eigenvalue weighted by Gasteiger charge is -2.10. The number of rotatable bonds is 2. The smallest absolute Gasteiger partial charge is 0.138 e. The van der Waals surface area contributed by atoms with Gasteiger partial charge in [0.05, 0.1) is 10.8 Å². The van der Waals surface area contributed by atoms with Crippen molar-refractivity contribution in [1.82, 2.24) is 0 Å². The van der Waals surface area contributed by atoms with E-state index in [2.05, 4.69) is 27.8 Å². The Morgan fingerprint density at radius 1 is 1.33 bits per heavy atom. The van der Waals surface area contributed by atoms with Gasteiger partial charge in [0, 0.05) is 4.90 Å². The molecule has 0 unspecified atom stereocenters. The average molecular weight is 234 g/mol. The van der Waals surface area contributed by atoms with Crippen molar-refractivity contribution in [1.29, 1.82) is 5.26 Å². The van der Waals surface area contributed by atoms with Crippen LogP contribution in [0.4, 0.5) is 5.69 Å². The van der Waals surface area contributed by atoms with Gasteiger partial charge in [-0.2, -0.15) is 10.3 Å². The molecule has 2 nitrogen and oxygen atoms in total. The number of hydrogen-bond donors (Lipinski definition) is 0. The molecule has 0 aliphatic rings. The van der Waals surface area contributed by atoms with Gasteiger partial charge in [-0.3, -0.25) is 0 Å². The lowest BCUT2D eigenvalue weighted by molar-refractivity contribution is 1.17. The summed E-state index contributed by atoms with van der Waals surface area (Å²) in [7, 11) is 0. The molecule has 1 aromatic carbocycles. The first kappa shape index (κ1) is 11.9. The van der Waals surface area contributed by atoms with Crippen molar-refractivity contribution in [3.8, 4) is 5.40 Å². The third kappa shape index (κ3) is 2.45. The van der Waals surface area contributed by atoms with Crippen LogP contribution in [0.2, 0.25) is 0 Å². The average Bonchev–Trinajstić information content (AvgIpc) is 2.21. The zero-order valence-corrected chi connectivity index (χ0v) is 10.4. The summed E-state index contributed by atoms with van der Waals surface area (Å²) in [5.41, 5.74) is 4.03. The van der Waals surface area contributed by atoms with Gasteiger partial charge in [0.1, 0.15) is 5.40 Å². The second-order valence-corrected chi connectivity index (χ2v) is 4.17. The lowest BCUT2D eigenvalue weighted by atomic mass is 10.0. The largest absolute Gasteiger partial charge is 0.194 e. The Balaban J connectivity index is 3.49. The highest BCUT2D eigenvalue weighted by Gasteiger charge is 2.10. The predicted octanol–water partition coefficient (Wildman–Crippen LogP) is 3.92. The van der Waals surface area contributed by atoms with Crippen LogP contribution in [0.15, 0.2) is 16.0 Å². The molecule has 0 N–H and O–H groups in total. The minimum absolute atomic E-state index is 0.797. The van der Waals surface area contributed by atoms with Gasteiger partial charge < -0.3 is 0 Å². The fraction of sp³-hybridized carbons (Fsp3) is 0.273. The van der Waals surface area contributed by atoms with E-state index in [1.807, 2.05) is 26.8 Å². The molecule has 0 aliphatic carbocycles. The van der Waals surface area contributed by atoms with Gasteiger partial charge in [-0.25, -0.2) is 0 Å². The van der Waals surface area contributed by atoms with Crippen LogP contribution in [0.25, 0.3) is 0 Å². The van der Waals surface area contributed by atoms with Crippen LogP contribution in [0.3, 0.4) is 0 Å². The van der Waals surface area contributed by atoms with Crippen LogP contribution in [0.5, 0.6) is 0 Å². The second-order valence-electron chi connectivity index (χ2n) is 3.19. The van der Waals surface area contributed by atoms with E-state index in [1.165, 1.54) is 11.8 Å². The summed E-state index contributed by atoms with van der Waals surface area (Å²) in [4.78, 5) is 4.97. The summed E-state index contributed by atoms with van der Waals surface area (Å²) in [5.74, 6) is 0. The van der Waals surface area contributed by atoms with Crippen molar-refractivity contribution < 1.29 is 0 Å². The van der Waals surface area contributed by atoms with E-state index in [4.69, 9.17) is 5.26 Å². The molecule has 0 aromatic heterocycles. The summed E-state index contributed by atoms with van der Waals surface area (Å²) >= 11 is 5.76. The quantitative estimate of drug-likeness (QED) is 0.337. The van der Waals surface area contributed by atoms with Gasteiger partial charge in [0.25, 0.3) is 0 Å². The number of hydrogen-bond acceptors (Lipinski definition) is 4. The second kappa shape index (κ2) is 5.09. The van der Waals surface area contributed by atoms with Crippen LogP contribution in [0, 0.1) is 31.4 Å². The first-order chi connectivity index (χ1) is 7.11. The zero-order chi connectivity index (χ0) is 11.4. The van der Waals surface area contributed by atoms with E-state index in [0.717, 1.165) is 27.3 Å². The molecule has 15 heavy (non-hydrogen) atoms. The van der Waals surface area contributed by atoms with Crippen molar-refractivity contribution in [3.05, 3.63) is 22.8 Å². The van der Waals surface area contributed by atoms with Crippen molar-refractivity contribution in [2.75, 3.05) is 0 Å². The summed E-state index contributed by atoms with van der Waals surface area (Å²) < 4.78 is 0. The number of thiocyanates is 1. The molecule has 0 heterocycles. The minimum atomic E-state index is 0.797. The van der Waals surface area contributed by atoms with E-state index >= 15 is 0 Å². The fourth-order valence-electron chi connectivity index (χ4n) is 1.36. The molecule has 0 atom stereocenters. The van der Waals surface area contributed by atoms with E-state index < -0.39 is 0 Å². The number of isothiocyanates is 1. The van der Waals surface area contributed by atoms with Gasteiger partial charge in [0.2, 0.25) is 0 Å². The topological polar surface area (TPSA) is 36.1 Å². The van der Waals surface area contributed by atoms with Crippen molar-refractivity contribution in [2.45, 2.75) is 25.7 Å². The van der Waals surface area contributed by atoms with E-state index in [1.54, 1.807) is 0 Å². The standard InChI is InChI=1S/C11H10N2S2/c1-7-4-10(13-6-14)9(3)11(8(7)2)15-5-12/h4H,1-3H3. The zero-order valence-electron chi connectivity index (χ0n) is 8.79. The molecule has 0 amide bonds. The van der Waals surface area contributed by atoms with E-state index in [-0.39, 0.29) is 0 Å². The molecule has 0 fully saturated rings. The molecule has 0 aliphatic heterocycles. The maximum atomic E-state index is 8.73. The Kier molecular flexibility index (Phi) is 4.05. The Morgan fingerprint density at radius 3 is 2.53 bits per heavy atom. The monoisotopic (exact) mass is 234 g/mol. The van der Waals surface area contributed by atoms with E-state index in [9.17, 15) is 0 Å². The molecular weight excluding hydrogens is 224 g/mol. The lowest BCUT2D eigenvalue weighted by Crippen LogP contribution is -1.89. The number of thiocarbonyl (C=S) groups is 1. The van der Waals surface area contributed by atoms with Gasteiger partial charge >= 0.3 is 0 Å². The van der Waals surface area contributed by atoms with Gasteiger partial charge in [-0.05, 0) is 67.5 Å². The number of aryl methyl sites for hydroxylation is 1. The maximum Gasteiger partial charge on any atom is 0.138 e. The van der Waals surface area contributed by atoms with Crippen molar-refractivity contribution in [3.63, 3.8) is 0 Å². The molecule has 0 radical (unpaired) electrons. The Bertz CT molecular complexity index is 480. The maximum absolute atomic E-state index is 8.73. The predicted molar refractivity (Wildman–Crippen MR) is 66.8 cm³/mol. The molecule has 76 valence electrons. The molecule has 0 saturated heterocycles. The number of benzene rings is 1. The Hall–Kier alpha value is -1.14. The first-order valence-corrected chi connectivity index (χ1v) is 5.59. The molecular formula is C11H10N2S2. The summed E-state index contributed by atoms with van der Waals surface area (Å²) in [6, 6.07) is 1.96. The summed E-state index contributed by atoms with van der Waals surface area (Å²) in [5, 5.41) is 13.2. The molecule has 4 heteroatoms. The Morgan fingerprint density at radius 2 is 2.00 bits per heavy atom. The fourth-order valence-corrected chi connectivity index (χ4v) is 2.12. The van der Waals surface area contributed by atoms with Crippen molar-refractivity contribution >= 4 is 34.8 Å². The van der Waals surface area contributed by atoms with Crippen LogP contribution in [-0.4, -0.2) is 5.16 Å². The normalized spacial score (nSPS) is 9.20. The highest BCUT2D eigenvalue weighted by molar-refractivity contribution is 8.03. The van der Waals surface area contributed by atoms with E-state index in [0.29, 0.717) is 0 Å². The summed E-state index contributed by atoms with van der Waals surface area (Å²) in [6.45, 7) is 5.95. The number of nitrogens with zero attached hydrogens (tertiary/aromatic N) is 2. The molecule has 0 spiro atoms. The van der Waals surface area contributed by atoms with Crippen molar-refractivity contribution in [2.24, 2.45) is 4.99 Å². The highest BCUT2D eigenvalue weighted by atomic mass is 32.2. The highest BCUT2D eigenvalue weighted by Crippen LogP contribution is 2.34. The van der Waals surface area contributed by atoms with Gasteiger partial charge in [0.15, 0.2) is 0 Å². The molecule has 0 saturated carbocycles. The van der Waals surface area contributed by atoms with Crippen LogP contribution < -0.4 is 0 Å². The molecule has 1 rings (SSSR count). The van der Waals surface area contributed by atoms with Crippen LogP contribution in [0.1, 0.15) is 16.7 Å². The van der Waals surface area contributed by atoms with Crippen LogP contribution in [-0.2, 0) is 0 Å². The van der Waals surface area contributed by atoms with Gasteiger partial charge in [-0.1, -0.05) is 0 Å². The van der Waals surface area contributed by atoms with Gasteiger partial charge in [-0.15, -0.1) is 0 Å². The van der Waals surface area contributed by atoms with Crippen LogP contribution >= 0.6 is 24.0 Å². The number of aliphatic imine (C=N–C) groups is 1. The third-order valence-electron chi connectivity index (χ3n) is 2.32. The third-order valence-corrected chi connectivity index (χ3v) is 3.32. The molecule has 0 bridgehead atoms. The first-order valence-electron chi connectivity index (χ1n) is 4.36. The Labute approximate surface area is 99.0 Å².